The minimum absolute atomic E-state index is 0.153. The molecule has 0 aliphatic carbocycles. The van der Waals surface area contributed by atoms with Gasteiger partial charge in [0.15, 0.2) is 5.82 Å². The lowest BCUT2D eigenvalue weighted by Crippen LogP contribution is -2.39. The standard InChI is InChI=1S/C26H28F2N8O2/c1-17(25(37)34(2)16-18-7-9-29-10-8-18)30-26-32-21(35-11-13-38-14-12-35)15-22(33-26)36-20-6-4-3-5-19(20)31-24(36)23(27)28/h3-10,15,17,23H,11-14,16H2,1-2H3,(H,30,32,33)/t17-/m0/s1. The Balaban J connectivity index is 1.49. The summed E-state index contributed by atoms with van der Waals surface area (Å²) in [5, 5.41) is 3.08. The molecule has 4 aromatic rings. The Kier molecular flexibility index (Phi) is 7.40. The number of hydrogen-bond acceptors (Lipinski definition) is 8. The van der Waals surface area contributed by atoms with Crippen LogP contribution in [0.1, 0.15) is 24.7 Å². The van der Waals surface area contributed by atoms with E-state index >= 15 is 0 Å². The van der Waals surface area contributed by atoms with Crippen molar-refractivity contribution in [2.75, 3.05) is 43.6 Å². The highest BCUT2D eigenvalue weighted by Gasteiger charge is 2.25. The van der Waals surface area contributed by atoms with E-state index in [-0.39, 0.29) is 17.7 Å². The van der Waals surface area contributed by atoms with E-state index in [0.717, 1.165) is 5.56 Å². The Morgan fingerprint density at radius 2 is 1.79 bits per heavy atom. The van der Waals surface area contributed by atoms with Crippen molar-refractivity contribution in [1.29, 1.82) is 0 Å². The van der Waals surface area contributed by atoms with Crippen LogP contribution >= 0.6 is 0 Å². The number of para-hydroxylation sites is 2. The number of rotatable bonds is 8. The summed E-state index contributed by atoms with van der Waals surface area (Å²) in [6.45, 7) is 4.34. The first kappa shape index (κ1) is 25.5. The molecule has 0 spiro atoms. The summed E-state index contributed by atoms with van der Waals surface area (Å²) in [5.41, 5.74) is 1.88. The van der Waals surface area contributed by atoms with Gasteiger partial charge in [-0.3, -0.25) is 14.3 Å². The predicted molar refractivity (Wildman–Crippen MR) is 138 cm³/mol. The van der Waals surface area contributed by atoms with Crippen LogP contribution in [0.5, 0.6) is 0 Å². The van der Waals surface area contributed by atoms with Gasteiger partial charge in [0.05, 0.1) is 24.2 Å². The van der Waals surface area contributed by atoms with Crippen LogP contribution in [-0.4, -0.2) is 74.7 Å². The van der Waals surface area contributed by atoms with Crippen LogP contribution in [0.4, 0.5) is 20.5 Å². The van der Waals surface area contributed by atoms with Gasteiger partial charge in [-0.05, 0) is 36.8 Å². The van der Waals surface area contributed by atoms with Gasteiger partial charge in [-0.2, -0.15) is 9.97 Å². The van der Waals surface area contributed by atoms with E-state index < -0.39 is 18.3 Å². The first-order valence-electron chi connectivity index (χ1n) is 12.3. The number of carbonyl (C=O) groups is 1. The largest absolute Gasteiger partial charge is 0.378 e. The van der Waals surface area contributed by atoms with Crippen molar-refractivity contribution < 1.29 is 18.3 Å². The van der Waals surface area contributed by atoms with Gasteiger partial charge in [0.2, 0.25) is 11.9 Å². The van der Waals surface area contributed by atoms with Crippen LogP contribution in [-0.2, 0) is 16.1 Å². The van der Waals surface area contributed by atoms with Crippen LogP contribution in [0.3, 0.4) is 0 Å². The number of fused-ring (bicyclic) bond motifs is 1. The van der Waals surface area contributed by atoms with Gasteiger partial charge in [-0.1, -0.05) is 12.1 Å². The van der Waals surface area contributed by atoms with Gasteiger partial charge in [-0.25, -0.2) is 13.8 Å². The van der Waals surface area contributed by atoms with Crippen LogP contribution in [0.15, 0.2) is 54.9 Å². The third-order valence-electron chi connectivity index (χ3n) is 6.31. The SMILES string of the molecule is C[C@H](Nc1nc(N2CCOCC2)cc(-n2c(C(F)F)nc3ccccc32)n1)C(=O)N(C)Cc1ccncc1. The van der Waals surface area contributed by atoms with Gasteiger partial charge < -0.3 is 19.9 Å². The van der Waals surface area contributed by atoms with E-state index in [0.29, 0.717) is 49.7 Å². The van der Waals surface area contributed by atoms with Gasteiger partial charge in [0.25, 0.3) is 6.43 Å². The molecule has 1 atom stereocenters. The van der Waals surface area contributed by atoms with E-state index in [2.05, 4.69) is 25.3 Å². The number of morpholine rings is 1. The zero-order valence-corrected chi connectivity index (χ0v) is 21.1. The summed E-state index contributed by atoms with van der Waals surface area (Å²) in [4.78, 5) is 34.1. The number of carbonyl (C=O) groups excluding carboxylic acids is 1. The fourth-order valence-corrected chi connectivity index (χ4v) is 4.41. The normalized spacial score (nSPS) is 14.6. The summed E-state index contributed by atoms with van der Waals surface area (Å²) in [7, 11) is 1.71. The molecule has 1 amide bonds. The molecule has 10 nitrogen and oxygen atoms in total. The lowest BCUT2D eigenvalue weighted by molar-refractivity contribution is -0.130. The predicted octanol–water partition coefficient (Wildman–Crippen LogP) is 3.44. The molecule has 1 aliphatic rings. The highest BCUT2D eigenvalue weighted by molar-refractivity contribution is 5.83. The number of nitrogens with zero attached hydrogens (tertiary/aromatic N) is 7. The molecule has 1 N–H and O–H groups in total. The molecule has 4 heterocycles. The number of amides is 1. The molecule has 38 heavy (non-hydrogen) atoms. The minimum Gasteiger partial charge on any atom is -0.378 e. The minimum atomic E-state index is -2.82. The molecule has 198 valence electrons. The molecule has 0 unspecified atom stereocenters. The molecule has 12 heteroatoms. The second-order valence-corrected chi connectivity index (χ2v) is 9.02. The zero-order valence-electron chi connectivity index (χ0n) is 21.1. The first-order chi connectivity index (χ1) is 18.4. The Morgan fingerprint density at radius 3 is 2.53 bits per heavy atom. The second-order valence-electron chi connectivity index (χ2n) is 9.02. The van der Waals surface area contributed by atoms with Gasteiger partial charge in [0.1, 0.15) is 17.7 Å². The maximum absolute atomic E-state index is 14.1. The second kappa shape index (κ2) is 11.1. The molecule has 1 saturated heterocycles. The number of ether oxygens (including phenoxy) is 1. The fraction of sp³-hybridized carbons (Fsp3) is 0.346. The topological polar surface area (TPSA) is 101 Å². The fourth-order valence-electron chi connectivity index (χ4n) is 4.41. The van der Waals surface area contributed by atoms with Crippen LogP contribution in [0.25, 0.3) is 16.9 Å². The van der Waals surface area contributed by atoms with E-state index in [1.165, 1.54) is 4.57 Å². The maximum atomic E-state index is 14.1. The molecule has 1 aromatic carbocycles. The molecular weight excluding hydrogens is 494 g/mol. The third kappa shape index (κ3) is 5.40. The third-order valence-corrected chi connectivity index (χ3v) is 6.31. The molecule has 0 bridgehead atoms. The molecule has 1 fully saturated rings. The van der Waals surface area contributed by atoms with E-state index in [4.69, 9.17) is 4.74 Å². The summed E-state index contributed by atoms with van der Waals surface area (Å²) in [5.74, 6) is 0.344. The van der Waals surface area contributed by atoms with Crippen molar-refractivity contribution >= 4 is 28.7 Å². The molecule has 1 aliphatic heterocycles. The van der Waals surface area contributed by atoms with Gasteiger partial charge in [0, 0.05) is 45.1 Å². The number of anilines is 2. The van der Waals surface area contributed by atoms with E-state index in [9.17, 15) is 13.6 Å². The van der Waals surface area contributed by atoms with Crippen molar-refractivity contribution in [3.8, 4) is 5.82 Å². The lowest BCUT2D eigenvalue weighted by atomic mass is 10.2. The zero-order chi connectivity index (χ0) is 26.6. The first-order valence-corrected chi connectivity index (χ1v) is 12.3. The number of imidazole rings is 1. The van der Waals surface area contributed by atoms with E-state index in [1.54, 1.807) is 61.6 Å². The van der Waals surface area contributed by atoms with Gasteiger partial charge in [-0.15, -0.1) is 0 Å². The number of pyridine rings is 1. The molecule has 3 aromatic heterocycles. The monoisotopic (exact) mass is 522 g/mol. The number of likely N-dealkylation sites (N-methyl/N-ethyl adjacent to an activating group) is 1. The van der Waals surface area contributed by atoms with E-state index in [1.807, 2.05) is 17.0 Å². The molecule has 5 rings (SSSR count). The molecule has 0 saturated carbocycles. The molecule has 0 radical (unpaired) electrons. The lowest BCUT2D eigenvalue weighted by Gasteiger charge is -2.29. The summed E-state index contributed by atoms with van der Waals surface area (Å²) in [6.07, 6.45) is 0.535. The van der Waals surface area contributed by atoms with Crippen molar-refractivity contribution in [1.82, 2.24) is 29.4 Å². The van der Waals surface area contributed by atoms with Crippen LogP contribution in [0.2, 0.25) is 0 Å². The Hall–Kier alpha value is -4.19. The Labute approximate surface area is 218 Å². The van der Waals surface area contributed by atoms with Crippen molar-refractivity contribution in [2.24, 2.45) is 0 Å². The van der Waals surface area contributed by atoms with Crippen LogP contribution in [0, 0.1) is 0 Å². The number of aromatic nitrogens is 5. The number of nitrogens with one attached hydrogen (secondary N) is 1. The molecular formula is C26H28F2N8O2. The average molecular weight is 523 g/mol. The Morgan fingerprint density at radius 1 is 1.08 bits per heavy atom. The number of alkyl halides is 2. The summed E-state index contributed by atoms with van der Waals surface area (Å²) < 4.78 is 34.9. The van der Waals surface area contributed by atoms with Crippen molar-refractivity contribution in [3.05, 3.63) is 66.2 Å². The summed E-state index contributed by atoms with van der Waals surface area (Å²) >= 11 is 0. The Bertz CT molecular complexity index is 1410. The number of halogens is 2. The van der Waals surface area contributed by atoms with Crippen molar-refractivity contribution in [3.63, 3.8) is 0 Å². The highest BCUT2D eigenvalue weighted by Crippen LogP contribution is 2.29. The van der Waals surface area contributed by atoms with Gasteiger partial charge >= 0.3 is 0 Å². The number of hydrogen-bond donors (Lipinski definition) is 1. The smallest absolute Gasteiger partial charge is 0.296 e. The quantitative estimate of drug-likeness (QED) is 0.376. The average Bonchev–Trinajstić information content (AvgIpc) is 3.34. The number of benzene rings is 1. The van der Waals surface area contributed by atoms with Crippen LogP contribution < -0.4 is 10.2 Å². The summed E-state index contributed by atoms with van der Waals surface area (Å²) in [6, 6.07) is 11.6. The van der Waals surface area contributed by atoms with Crippen molar-refractivity contribution in [2.45, 2.75) is 25.9 Å². The highest BCUT2D eigenvalue weighted by atomic mass is 19.3. The maximum Gasteiger partial charge on any atom is 0.296 e.